The van der Waals surface area contributed by atoms with Gasteiger partial charge < -0.3 is 4.42 Å². The van der Waals surface area contributed by atoms with Crippen LogP contribution >= 0.6 is 0 Å². The topological polar surface area (TPSA) is 43.1 Å². The van der Waals surface area contributed by atoms with Crippen molar-refractivity contribution >= 4 is 11.1 Å². The zero-order valence-electron chi connectivity index (χ0n) is 16.6. The van der Waals surface area contributed by atoms with Crippen molar-refractivity contribution in [2.45, 2.75) is 33.1 Å². The minimum Gasteiger partial charge on any atom is -0.419 e. The number of hydrogen-bond donors (Lipinski definition) is 0. The van der Waals surface area contributed by atoms with Crippen LogP contribution in [0.4, 0.5) is 0 Å². The molecule has 0 N–H and O–H groups in total. The third kappa shape index (κ3) is 3.24. The molecule has 140 valence electrons. The maximum atomic E-state index is 12.8. The first kappa shape index (κ1) is 18.2. The first-order valence-corrected chi connectivity index (χ1v) is 9.45. The van der Waals surface area contributed by atoms with E-state index < -0.39 is 5.63 Å². The second kappa shape index (κ2) is 6.75. The van der Waals surface area contributed by atoms with Crippen LogP contribution in [0.15, 0.2) is 75.9 Å². The van der Waals surface area contributed by atoms with E-state index in [4.69, 9.17) is 9.40 Å². The van der Waals surface area contributed by atoms with Crippen molar-refractivity contribution < 1.29 is 4.42 Å². The number of nitrogens with zero attached hydrogens (tertiary/aromatic N) is 1. The Hall–Kier alpha value is -3.20. The summed E-state index contributed by atoms with van der Waals surface area (Å²) in [6, 6.07) is 21.7. The van der Waals surface area contributed by atoms with E-state index in [9.17, 15) is 4.79 Å². The van der Waals surface area contributed by atoms with Gasteiger partial charge in [-0.1, -0.05) is 75.4 Å². The van der Waals surface area contributed by atoms with Crippen molar-refractivity contribution in [3.63, 3.8) is 0 Å². The van der Waals surface area contributed by atoms with E-state index in [-0.39, 0.29) is 5.41 Å². The average molecular weight is 369 g/mol. The lowest BCUT2D eigenvalue weighted by molar-refractivity contribution is 0.556. The minimum atomic E-state index is -0.419. The van der Waals surface area contributed by atoms with Crippen LogP contribution in [0, 0.1) is 6.92 Å². The Balaban J connectivity index is 2.08. The van der Waals surface area contributed by atoms with Gasteiger partial charge in [0.2, 0.25) is 0 Å². The second-order valence-corrected chi connectivity index (χ2v) is 8.15. The van der Waals surface area contributed by atoms with E-state index in [1.165, 1.54) is 0 Å². The van der Waals surface area contributed by atoms with E-state index in [0.29, 0.717) is 16.8 Å². The molecule has 0 aliphatic carbocycles. The highest BCUT2D eigenvalue weighted by atomic mass is 16.4. The van der Waals surface area contributed by atoms with Gasteiger partial charge in [0.05, 0.1) is 0 Å². The van der Waals surface area contributed by atoms with Gasteiger partial charge in [0.25, 0.3) is 0 Å². The van der Waals surface area contributed by atoms with Gasteiger partial charge >= 0.3 is 5.63 Å². The highest BCUT2D eigenvalue weighted by Crippen LogP contribution is 2.35. The highest BCUT2D eigenvalue weighted by Gasteiger charge is 2.20. The molecule has 3 heteroatoms. The van der Waals surface area contributed by atoms with E-state index >= 15 is 0 Å². The third-order valence-electron chi connectivity index (χ3n) is 5.04. The highest BCUT2D eigenvalue weighted by molar-refractivity contribution is 5.92. The third-order valence-corrected chi connectivity index (χ3v) is 5.04. The number of fused-ring (bicyclic) bond motifs is 1. The first-order chi connectivity index (χ1) is 13.3. The molecule has 0 atom stereocenters. The Morgan fingerprint density at radius 3 is 2.21 bits per heavy atom. The van der Waals surface area contributed by atoms with E-state index in [2.05, 4.69) is 45.9 Å². The molecule has 0 bridgehead atoms. The molecular weight excluding hydrogens is 346 g/mol. The van der Waals surface area contributed by atoms with Crippen molar-refractivity contribution in [2.75, 3.05) is 0 Å². The summed E-state index contributed by atoms with van der Waals surface area (Å²) in [7, 11) is 0. The summed E-state index contributed by atoms with van der Waals surface area (Å²) < 4.78 is 5.84. The van der Waals surface area contributed by atoms with Crippen molar-refractivity contribution in [3.05, 3.63) is 88.3 Å². The van der Waals surface area contributed by atoms with Crippen LogP contribution in [-0.4, -0.2) is 4.98 Å². The maximum absolute atomic E-state index is 12.8. The first-order valence-electron chi connectivity index (χ1n) is 9.45. The van der Waals surface area contributed by atoms with Gasteiger partial charge in [-0.15, -0.1) is 0 Å². The largest absolute Gasteiger partial charge is 0.419 e. The molecule has 4 aromatic rings. The lowest BCUT2D eigenvalue weighted by Crippen LogP contribution is -2.13. The Morgan fingerprint density at radius 1 is 0.857 bits per heavy atom. The summed E-state index contributed by atoms with van der Waals surface area (Å²) in [6.07, 6.45) is 0. The van der Waals surface area contributed by atoms with Gasteiger partial charge in [0.1, 0.15) is 5.52 Å². The van der Waals surface area contributed by atoms with Crippen LogP contribution in [0.2, 0.25) is 0 Å². The Bertz CT molecular complexity index is 1210. The Morgan fingerprint density at radius 2 is 1.54 bits per heavy atom. The number of aryl methyl sites for hydroxylation is 1. The summed E-state index contributed by atoms with van der Waals surface area (Å²) in [5.74, 6) is 0. The molecule has 0 radical (unpaired) electrons. The standard InChI is InChI=1S/C25H23NO2/c1-16-10-8-9-13-19(16)20-14-18(25(2,3)4)15-21-23(20)28-24(27)22(26-21)17-11-6-5-7-12-17/h5-15H,1-4H3. The molecular formula is C25H23NO2. The van der Waals surface area contributed by atoms with Crippen molar-refractivity contribution in [3.8, 4) is 22.4 Å². The van der Waals surface area contributed by atoms with Crippen molar-refractivity contribution in [1.29, 1.82) is 0 Å². The van der Waals surface area contributed by atoms with Gasteiger partial charge in [-0.2, -0.15) is 0 Å². The molecule has 0 spiro atoms. The Labute approximate surface area is 164 Å². The van der Waals surface area contributed by atoms with Gasteiger partial charge in [0.15, 0.2) is 11.3 Å². The predicted molar refractivity (Wildman–Crippen MR) is 115 cm³/mol. The van der Waals surface area contributed by atoms with E-state index in [1.807, 2.05) is 48.5 Å². The quantitative estimate of drug-likeness (QED) is 0.427. The number of hydrogen-bond acceptors (Lipinski definition) is 3. The number of benzene rings is 3. The van der Waals surface area contributed by atoms with Crippen LogP contribution in [0.1, 0.15) is 31.9 Å². The molecule has 0 fully saturated rings. The fraction of sp³-hybridized carbons (Fsp3) is 0.200. The van der Waals surface area contributed by atoms with Crippen LogP contribution < -0.4 is 5.63 Å². The number of aromatic nitrogens is 1. The molecule has 0 unspecified atom stereocenters. The van der Waals surface area contributed by atoms with Crippen molar-refractivity contribution in [2.24, 2.45) is 0 Å². The molecule has 3 nitrogen and oxygen atoms in total. The smallest absolute Gasteiger partial charge is 0.363 e. The lowest BCUT2D eigenvalue weighted by Gasteiger charge is -2.21. The van der Waals surface area contributed by atoms with E-state index in [0.717, 1.165) is 27.8 Å². The predicted octanol–water partition coefficient (Wildman–Crippen LogP) is 6.13. The van der Waals surface area contributed by atoms with E-state index in [1.54, 1.807) is 0 Å². The summed E-state index contributed by atoms with van der Waals surface area (Å²) in [6.45, 7) is 8.59. The van der Waals surface area contributed by atoms with Crippen molar-refractivity contribution in [1.82, 2.24) is 4.98 Å². The Kier molecular flexibility index (Phi) is 4.38. The van der Waals surface area contributed by atoms with Gasteiger partial charge in [-0.3, -0.25) is 0 Å². The molecule has 0 saturated heterocycles. The lowest BCUT2D eigenvalue weighted by atomic mass is 9.84. The fourth-order valence-electron chi connectivity index (χ4n) is 3.40. The fourth-order valence-corrected chi connectivity index (χ4v) is 3.40. The summed E-state index contributed by atoms with van der Waals surface area (Å²) in [5.41, 5.74) is 6.10. The van der Waals surface area contributed by atoms with Crippen LogP contribution in [0.5, 0.6) is 0 Å². The molecule has 1 aromatic heterocycles. The van der Waals surface area contributed by atoms with Crippen LogP contribution in [0.25, 0.3) is 33.5 Å². The molecule has 3 aromatic carbocycles. The zero-order chi connectivity index (χ0) is 19.9. The monoisotopic (exact) mass is 369 g/mol. The van der Waals surface area contributed by atoms with Gasteiger partial charge in [-0.25, -0.2) is 9.78 Å². The molecule has 0 saturated carbocycles. The summed E-state index contributed by atoms with van der Waals surface area (Å²) >= 11 is 0. The summed E-state index contributed by atoms with van der Waals surface area (Å²) in [4.78, 5) is 17.5. The zero-order valence-corrected chi connectivity index (χ0v) is 16.6. The SMILES string of the molecule is Cc1ccccc1-c1cc(C(C)(C)C)cc2nc(-c3ccccc3)c(=O)oc12. The molecule has 4 rings (SSSR count). The minimum absolute atomic E-state index is 0.0592. The van der Waals surface area contributed by atoms with Crippen LogP contribution in [0.3, 0.4) is 0 Å². The normalized spacial score (nSPS) is 11.7. The molecule has 0 aliphatic rings. The van der Waals surface area contributed by atoms with Crippen LogP contribution in [-0.2, 0) is 5.41 Å². The molecule has 28 heavy (non-hydrogen) atoms. The second-order valence-electron chi connectivity index (χ2n) is 8.15. The number of rotatable bonds is 2. The molecule has 1 heterocycles. The summed E-state index contributed by atoms with van der Waals surface area (Å²) in [5, 5.41) is 0. The maximum Gasteiger partial charge on any atom is 0.363 e. The van der Waals surface area contributed by atoms with Gasteiger partial charge in [0, 0.05) is 11.1 Å². The molecule has 0 amide bonds. The molecule has 0 aliphatic heterocycles. The van der Waals surface area contributed by atoms with Gasteiger partial charge in [-0.05, 0) is 41.2 Å². The average Bonchev–Trinajstić information content (AvgIpc) is 2.67.